The van der Waals surface area contributed by atoms with Gasteiger partial charge in [0.05, 0.1) is 24.2 Å². The summed E-state index contributed by atoms with van der Waals surface area (Å²) in [7, 11) is 4.89. The summed E-state index contributed by atoms with van der Waals surface area (Å²) in [5, 5.41) is 11.9. The third-order valence-electron chi connectivity index (χ3n) is 7.12. The standard InChI is InChI=1S/C29H40N6O5/c1-29(2,3)40-28(38)34(5)15-13-30-20-9-11-21(12-10-20)35-18-19-16-22(25(39-6)17-24(19)32-35)26(36)31-23-8-7-14-33(4)27(23)37/h7-8,14,16-18,20-21,30H,9-13,15H2,1-6H3,(H,31,36)/t20-,21-. The van der Waals surface area contributed by atoms with Crippen molar-refractivity contribution in [1.29, 1.82) is 0 Å². The third kappa shape index (κ3) is 7.01. The number of rotatable bonds is 8. The van der Waals surface area contributed by atoms with Gasteiger partial charge in [-0.05, 0) is 64.7 Å². The number of fused-ring (bicyclic) bond motifs is 1. The average Bonchev–Trinajstić information content (AvgIpc) is 3.33. The summed E-state index contributed by atoms with van der Waals surface area (Å²) in [6.45, 7) is 6.87. The lowest BCUT2D eigenvalue weighted by atomic mass is 9.91. The van der Waals surface area contributed by atoms with Crippen molar-refractivity contribution >= 4 is 28.6 Å². The first kappa shape index (κ1) is 29.1. The summed E-state index contributed by atoms with van der Waals surface area (Å²) < 4.78 is 14.3. The van der Waals surface area contributed by atoms with Gasteiger partial charge in [-0.1, -0.05) is 0 Å². The van der Waals surface area contributed by atoms with Gasteiger partial charge < -0.3 is 29.6 Å². The van der Waals surface area contributed by atoms with Crippen molar-refractivity contribution in [3.05, 3.63) is 52.6 Å². The molecule has 1 fully saturated rings. The van der Waals surface area contributed by atoms with Crippen molar-refractivity contribution in [3.63, 3.8) is 0 Å². The van der Waals surface area contributed by atoms with Crippen LogP contribution in [0.15, 0.2) is 41.5 Å². The highest BCUT2D eigenvalue weighted by Gasteiger charge is 2.25. The Morgan fingerprint density at radius 1 is 1.18 bits per heavy atom. The van der Waals surface area contributed by atoms with Crippen LogP contribution in [0.25, 0.3) is 10.9 Å². The van der Waals surface area contributed by atoms with E-state index in [0.717, 1.165) is 36.6 Å². The molecule has 216 valence electrons. The zero-order valence-electron chi connectivity index (χ0n) is 24.2. The number of ether oxygens (including phenoxy) is 2. The van der Waals surface area contributed by atoms with Gasteiger partial charge in [-0.2, -0.15) is 5.10 Å². The maximum absolute atomic E-state index is 13.1. The zero-order chi connectivity index (χ0) is 29.0. The average molecular weight is 553 g/mol. The molecule has 3 aromatic rings. The summed E-state index contributed by atoms with van der Waals surface area (Å²) in [6, 6.07) is 7.44. The number of hydrogen-bond donors (Lipinski definition) is 2. The predicted molar refractivity (Wildman–Crippen MR) is 154 cm³/mol. The van der Waals surface area contributed by atoms with E-state index < -0.39 is 11.5 Å². The van der Waals surface area contributed by atoms with Crippen LogP contribution >= 0.6 is 0 Å². The first-order chi connectivity index (χ1) is 18.9. The molecule has 1 aliphatic rings. The van der Waals surface area contributed by atoms with Gasteiger partial charge in [0, 0.05) is 57.1 Å². The van der Waals surface area contributed by atoms with Crippen molar-refractivity contribution in [2.75, 3.05) is 32.6 Å². The number of carbonyl (C=O) groups is 2. The molecular formula is C29H40N6O5. The Bertz CT molecular complexity index is 1410. The molecule has 0 radical (unpaired) electrons. The summed E-state index contributed by atoms with van der Waals surface area (Å²) >= 11 is 0. The second-order valence-corrected chi connectivity index (χ2v) is 11.4. The number of aromatic nitrogens is 3. The molecule has 1 aliphatic carbocycles. The number of nitrogens with one attached hydrogen (secondary N) is 2. The SMILES string of the molecule is COc1cc2nn([C@H]3CC[C@H](NCCN(C)C(=O)OC(C)(C)C)CC3)cc2cc1C(=O)Nc1cccn(C)c1=O. The highest BCUT2D eigenvalue weighted by atomic mass is 16.6. The van der Waals surface area contributed by atoms with E-state index in [0.29, 0.717) is 30.4 Å². The van der Waals surface area contributed by atoms with Gasteiger partial charge in [0.15, 0.2) is 0 Å². The molecule has 2 amide bonds. The van der Waals surface area contributed by atoms with Crippen LogP contribution < -0.4 is 20.9 Å². The number of benzene rings is 1. The fourth-order valence-electron chi connectivity index (χ4n) is 4.90. The fourth-order valence-corrected chi connectivity index (χ4v) is 4.90. The van der Waals surface area contributed by atoms with Crippen LogP contribution in [0.1, 0.15) is 62.9 Å². The lowest BCUT2D eigenvalue weighted by Gasteiger charge is -2.30. The maximum Gasteiger partial charge on any atom is 0.410 e. The summed E-state index contributed by atoms with van der Waals surface area (Å²) in [5.41, 5.74) is 0.494. The highest BCUT2D eigenvalue weighted by Crippen LogP contribution is 2.31. The largest absolute Gasteiger partial charge is 0.496 e. The number of likely N-dealkylation sites (N-methyl/N-ethyl adjacent to an activating group) is 1. The van der Waals surface area contributed by atoms with Crippen LogP contribution in [0.2, 0.25) is 0 Å². The molecule has 40 heavy (non-hydrogen) atoms. The van der Waals surface area contributed by atoms with Gasteiger partial charge in [-0.15, -0.1) is 0 Å². The van der Waals surface area contributed by atoms with Crippen LogP contribution in [0, 0.1) is 0 Å². The molecule has 2 aromatic heterocycles. The molecule has 1 saturated carbocycles. The molecule has 11 nitrogen and oxygen atoms in total. The molecule has 0 spiro atoms. The molecule has 0 bridgehead atoms. The van der Waals surface area contributed by atoms with E-state index in [9.17, 15) is 14.4 Å². The van der Waals surface area contributed by atoms with Gasteiger partial charge >= 0.3 is 6.09 Å². The van der Waals surface area contributed by atoms with Crippen LogP contribution in [0.3, 0.4) is 0 Å². The molecule has 2 heterocycles. The lowest BCUT2D eigenvalue weighted by molar-refractivity contribution is 0.0298. The van der Waals surface area contributed by atoms with E-state index >= 15 is 0 Å². The second-order valence-electron chi connectivity index (χ2n) is 11.4. The van der Waals surface area contributed by atoms with Gasteiger partial charge in [0.25, 0.3) is 11.5 Å². The highest BCUT2D eigenvalue weighted by molar-refractivity contribution is 6.08. The molecule has 4 rings (SSSR count). The minimum Gasteiger partial charge on any atom is -0.496 e. The Morgan fingerprint density at radius 3 is 2.58 bits per heavy atom. The zero-order valence-corrected chi connectivity index (χ0v) is 24.2. The van der Waals surface area contributed by atoms with Crippen LogP contribution in [-0.2, 0) is 11.8 Å². The number of nitrogens with zero attached hydrogens (tertiary/aromatic N) is 4. The van der Waals surface area contributed by atoms with Gasteiger partial charge in [0.1, 0.15) is 17.0 Å². The van der Waals surface area contributed by atoms with E-state index in [4.69, 9.17) is 14.6 Å². The number of amides is 2. The monoisotopic (exact) mass is 552 g/mol. The minimum atomic E-state index is -0.504. The number of carbonyl (C=O) groups excluding carboxylic acids is 2. The van der Waals surface area contributed by atoms with Crippen LogP contribution in [-0.4, -0.2) is 70.1 Å². The molecule has 11 heteroatoms. The summed E-state index contributed by atoms with van der Waals surface area (Å²) in [5.74, 6) is -0.0223. The van der Waals surface area contributed by atoms with E-state index in [2.05, 4.69) is 10.6 Å². The Hall–Kier alpha value is -3.86. The molecule has 0 atom stereocenters. The van der Waals surface area contributed by atoms with E-state index in [-0.39, 0.29) is 23.4 Å². The quantitative estimate of drug-likeness (QED) is 0.434. The Kier molecular flexibility index (Phi) is 8.82. The van der Waals surface area contributed by atoms with Crippen molar-refractivity contribution in [3.8, 4) is 5.75 Å². The Labute approximate surface area is 234 Å². The molecular weight excluding hydrogens is 512 g/mol. The molecule has 0 aliphatic heterocycles. The molecule has 0 saturated heterocycles. The third-order valence-corrected chi connectivity index (χ3v) is 7.12. The van der Waals surface area contributed by atoms with Crippen LogP contribution in [0.5, 0.6) is 5.75 Å². The number of pyridine rings is 1. The number of anilines is 1. The smallest absolute Gasteiger partial charge is 0.410 e. The van der Waals surface area contributed by atoms with Crippen molar-refractivity contribution in [2.24, 2.45) is 7.05 Å². The summed E-state index contributed by atoms with van der Waals surface area (Å²) in [4.78, 5) is 39.2. The molecule has 0 unspecified atom stereocenters. The summed E-state index contributed by atoms with van der Waals surface area (Å²) in [6.07, 6.45) is 7.23. The van der Waals surface area contributed by atoms with Crippen molar-refractivity contribution in [1.82, 2.24) is 24.6 Å². The Morgan fingerprint density at radius 2 is 1.90 bits per heavy atom. The van der Waals surface area contributed by atoms with Crippen molar-refractivity contribution < 1.29 is 19.1 Å². The van der Waals surface area contributed by atoms with E-state index in [1.54, 1.807) is 49.5 Å². The fraction of sp³-hybridized carbons (Fsp3) is 0.517. The first-order valence-corrected chi connectivity index (χ1v) is 13.7. The Balaban J connectivity index is 1.35. The van der Waals surface area contributed by atoms with Gasteiger partial charge in [-0.3, -0.25) is 14.3 Å². The number of hydrogen-bond acceptors (Lipinski definition) is 7. The maximum atomic E-state index is 13.1. The van der Waals surface area contributed by atoms with Crippen LogP contribution in [0.4, 0.5) is 10.5 Å². The molecule has 1 aromatic carbocycles. The van der Waals surface area contributed by atoms with Crippen molar-refractivity contribution in [2.45, 2.75) is 64.1 Å². The lowest BCUT2D eigenvalue weighted by Crippen LogP contribution is -2.41. The topological polar surface area (TPSA) is 120 Å². The number of aryl methyl sites for hydroxylation is 1. The number of methoxy groups -OCH3 is 1. The van der Waals surface area contributed by atoms with Gasteiger partial charge in [0.2, 0.25) is 0 Å². The van der Waals surface area contributed by atoms with E-state index in [1.165, 1.54) is 11.7 Å². The minimum absolute atomic E-state index is 0.203. The first-order valence-electron chi connectivity index (χ1n) is 13.7. The predicted octanol–water partition coefficient (Wildman–Crippen LogP) is 3.94. The normalized spacial score (nSPS) is 17.4. The van der Waals surface area contributed by atoms with Gasteiger partial charge in [-0.25, -0.2) is 4.79 Å². The van der Waals surface area contributed by atoms with E-state index in [1.807, 2.05) is 31.6 Å². The molecule has 2 N–H and O–H groups in total. The second kappa shape index (κ2) is 12.1.